The van der Waals surface area contributed by atoms with Crippen molar-refractivity contribution in [3.05, 3.63) is 0 Å². The highest BCUT2D eigenvalue weighted by atomic mass is 15.3. The first-order valence-electron chi connectivity index (χ1n) is 7.24. The van der Waals surface area contributed by atoms with Gasteiger partial charge in [-0.25, -0.2) is 0 Å². The Labute approximate surface area is 101 Å². The maximum atomic E-state index is 2.82. The van der Waals surface area contributed by atoms with Gasteiger partial charge in [-0.15, -0.1) is 0 Å². The Bertz CT molecular complexity index is 294. The van der Waals surface area contributed by atoms with Crippen LogP contribution in [-0.4, -0.2) is 23.5 Å². The lowest BCUT2D eigenvalue weighted by atomic mass is 9.44. The van der Waals surface area contributed by atoms with Crippen molar-refractivity contribution in [2.75, 3.05) is 6.54 Å². The summed E-state index contributed by atoms with van der Waals surface area (Å²) in [5.74, 6) is 3.88. The second kappa shape index (κ2) is 3.25. The summed E-state index contributed by atoms with van der Waals surface area (Å²) in [7, 11) is 0. The second-order valence-corrected chi connectivity index (χ2v) is 7.26. The van der Waals surface area contributed by atoms with Gasteiger partial charge in [-0.2, -0.15) is 0 Å². The molecule has 2 aliphatic heterocycles. The molecule has 6 unspecified atom stereocenters. The summed E-state index contributed by atoms with van der Waals surface area (Å²) >= 11 is 0. The summed E-state index contributed by atoms with van der Waals surface area (Å²) in [4.78, 5) is 2.82. The number of hydrogen-bond donors (Lipinski definition) is 0. The maximum absolute atomic E-state index is 2.82. The Kier molecular flexibility index (Phi) is 2.25. The van der Waals surface area contributed by atoms with Crippen molar-refractivity contribution in [1.82, 2.24) is 4.90 Å². The predicted octanol–water partition coefficient (Wildman–Crippen LogP) is 3.40. The molecule has 0 spiro atoms. The van der Waals surface area contributed by atoms with Gasteiger partial charge in [0.1, 0.15) is 0 Å². The zero-order valence-corrected chi connectivity index (χ0v) is 11.5. The van der Waals surface area contributed by atoms with Crippen LogP contribution in [0, 0.1) is 29.1 Å². The van der Waals surface area contributed by atoms with Gasteiger partial charge in [0, 0.05) is 18.6 Å². The summed E-state index contributed by atoms with van der Waals surface area (Å²) in [6.07, 6.45) is 2.85. The fourth-order valence-corrected chi connectivity index (χ4v) is 5.14. The van der Waals surface area contributed by atoms with E-state index in [0.717, 1.165) is 35.8 Å². The van der Waals surface area contributed by atoms with Crippen LogP contribution in [0.3, 0.4) is 0 Å². The third kappa shape index (κ3) is 1.11. The Morgan fingerprint density at radius 1 is 1.25 bits per heavy atom. The van der Waals surface area contributed by atoms with Crippen molar-refractivity contribution in [1.29, 1.82) is 0 Å². The second-order valence-electron chi connectivity index (χ2n) is 7.26. The van der Waals surface area contributed by atoms with Crippen LogP contribution in [0.4, 0.5) is 0 Å². The predicted molar refractivity (Wildman–Crippen MR) is 68.3 cm³/mol. The number of piperidine rings is 1. The van der Waals surface area contributed by atoms with Crippen LogP contribution >= 0.6 is 0 Å². The SMILES string of the molecule is CCC1CC(C)C(C)N2CC3C2C1C3(C)C. The average molecular weight is 221 g/mol. The molecule has 0 bridgehead atoms. The maximum Gasteiger partial charge on any atom is 0.0180 e. The van der Waals surface area contributed by atoms with Crippen molar-refractivity contribution in [3.8, 4) is 0 Å². The van der Waals surface area contributed by atoms with Crippen molar-refractivity contribution in [2.24, 2.45) is 29.1 Å². The van der Waals surface area contributed by atoms with Crippen LogP contribution in [0.2, 0.25) is 0 Å². The number of rotatable bonds is 1. The molecule has 0 aromatic carbocycles. The van der Waals surface area contributed by atoms with Gasteiger partial charge < -0.3 is 0 Å². The first-order valence-corrected chi connectivity index (χ1v) is 7.24. The molecule has 92 valence electrons. The molecule has 1 nitrogen and oxygen atoms in total. The quantitative estimate of drug-likeness (QED) is 0.656. The smallest absolute Gasteiger partial charge is 0.0180 e. The van der Waals surface area contributed by atoms with Gasteiger partial charge in [-0.3, -0.25) is 4.90 Å². The van der Waals surface area contributed by atoms with Gasteiger partial charge in [0.25, 0.3) is 0 Å². The van der Waals surface area contributed by atoms with Crippen molar-refractivity contribution < 1.29 is 0 Å². The van der Waals surface area contributed by atoms with Crippen LogP contribution in [-0.2, 0) is 0 Å². The van der Waals surface area contributed by atoms with E-state index in [4.69, 9.17) is 0 Å². The van der Waals surface area contributed by atoms with E-state index in [0.29, 0.717) is 5.41 Å². The van der Waals surface area contributed by atoms with Gasteiger partial charge in [0.15, 0.2) is 0 Å². The molecular formula is C15H27N. The molecule has 3 aliphatic rings. The highest BCUT2D eigenvalue weighted by Crippen LogP contribution is 2.65. The fourth-order valence-electron chi connectivity index (χ4n) is 5.14. The third-order valence-corrected chi connectivity index (χ3v) is 6.44. The fraction of sp³-hybridized carbons (Fsp3) is 1.00. The minimum atomic E-state index is 0.631. The summed E-state index contributed by atoms with van der Waals surface area (Å²) in [6.45, 7) is 13.8. The van der Waals surface area contributed by atoms with Gasteiger partial charge in [0.2, 0.25) is 0 Å². The van der Waals surface area contributed by atoms with Crippen LogP contribution in [0.25, 0.3) is 0 Å². The summed E-state index contributed by atoms with van der Waals surface area (Å²) in [6, 6.07) is 1.79. The van der Waals surface area contributed by atoms with E-state index in [-0.39, 0.29) is 0 Å². The van der Waals surface area contributed by atoms with Crippen LogP contribution < -0.4 is 0 Å². The highest BCUT2D eigenvalue weighted by molar-refractivity contribution is 5.19. The zero-order chi connectivity index (χ0) is 11.7. The average Bonchev–Trinajstić information content (AvgIpc) is 2.23. The lowest BCUT2D eigenvalue weighted by Gasteiger charge is -2.72. The number of nitrogens with zero attached hydrogens (tertiary/aromatic N) is 1. The van der Waals surface area contributed by atoms with Crippen LogP contribution in [0.15, 0.2) is 0 Å². The largest absolute Gasteiger partial charge is 0.296 e. The lowest BCUT2D eigenvalue weighted by molar-refractivity contribution is -0.230. The monoisotopic (exact) mass is 221 g/mol. The van der Waals surface area contributed by atoms with Crippen LogP contribution in [0.1, 0.15) is 47.5 Å². The molecule has 3 rings (SSSR count). The Morgan fingerprint density at radius 2 is 1.94 bits per heavy atom. The molecule has 2 heterocycles. The van der Waals surface area contributed by atoms with E-state index in [1.165, 1.54) is 19.4 Å². The molecule has 0 aromatic rings. The molecule has 0 N–H and O–H groups in total. The Hall–Kier alpha value is -0.0400. The standard InChI is InChI=1S/C15H27N/c1-6-11-7-9(2)10(3)16-8-12-14(16)13(11)15(12,4)5/h9-14H,6-8H2,1-5H3. The lowest BCUT2D eigenvalue weighted by Crippen LogP contribution is -2.77. The first-order chi connectivity index (χ1) is 7.48. The molecular weight excluding hydrogens is 194 g/mol. The van der Waals surface area contributed by atoms with Gasteiger partial charge in [-0.05, 0) is 42.4 Å². The first kappa shape index (κ1) is 11.1. The van der Waals surface area contributed by atoms with Gasteiger partial charge >= 0.3 is 0 Å². The number of hydrogen-bond acceptors (Lipinski definition) is 1. The van der Waals surface area contributed by atoms with Gasteiger partial charge in [-0.1, -0.05) is 34.1 Å². The van der Waals surface area contributed by atoms with E-state index < -0.39 is 0 Å². The summed E-state index contributed by atoms with van der Waals surface area (Å²) in [5.41, 5.74) is 0.631. The zero-order valence-electron chi connectivity index (χ0n) is 11.5. The topological polar surface area (TPSA) is 3.24 Å². The molecule has 0 aromatic heterocycles. The molecule has 2 saturated heterocycles. The van der Waals surface area contributed by atoms with E-state index >= 15 is 0 Å². The Morgan fingerprint density at radius 3 is 2.56 bits per heavy atom. The van der Waals surface area contributed by atoms with Crippen molar-refractivity contribution in [3.63, 3.8) is 0 Å². The molecule has 6 atom stereocenters. The van der Waals surface area contributed by atoms with Crippen molar-refractivity contribution in [2.45, 2.75) is 59.5 Å². The molecule has 1 saturated carbocycles. The normalized spacial score (nSPS) is 54.6. The molecule has 1 aliphatic carbocycles. The molecule has 1 heteroatoms. The van der Waals surface area contributed by atoms with Gasteiger partial charge in [0.05, 0.1) is 0 Å². The minimum absolute atomic E-state index is 0.631. The van der Waals surface area contributed by atoms with Crippen LogP contribution in [0.5, 0.6) is 0 Å². The van der Waals surface area contributed by atoms with E-state index in [9.17, 15) is 0 Å². The third-order valence-electron chi connectivity index (χ3n) is 6.44. The van der Waals surface area contributed by atoms with E-state index in [2.05, 4.69) is 39.5 Å². The minimum Gasteiger partial charge on any atom is -0.296 e. The summed E-state index contributed by atoms with van der Waals surface area (Å²) in [5, 5.41) is 0. The van der Waals surface area contributed by atoms with Crippen molar-refractivity contribution >= 4 is 0 Å². The van der Waals surface area contributed by atoms with E-state index in [1.807, 2.05) is 0 Å². The molecule has 0 amide bonds. The molecule has 0 radical (unpaired) electrons. The molecule has 3 fully saturated rings. The molecule has 16 heavy (non-hydrogen) atoms. The van der Waals surface area contributed by atoms with E-state index in [1.54, 1.807) is 0 Å². The highest BCUT2D eigenvalue weighted by Gasteiger charge is 2.67. The Balaban J connectivity index is 1.91. The summed E-state index contributed by atoms with van der Waals surface area (Å²) < 4.78 is 0.